The molecule has 0 saturated carbocycles. The number of thioether (sulfide) groups is 1. The Morgan fingerprint density at radius 3 is 2.40 bits per heavy atom. The van der Waals surface area contributed by atoms with Crippen LogP contribution in [0.3, 0.4) is 0 Å². The van der Waals surface area contributed by atoms with Crippen molar-refractivity contribution in [3.63, 3.8) is 0 Å². The maximum Gasteiger partial charge on any atom is 0.161 e. The van der Waals surface area contributed by atoms with E-state index in [1.54, 1.807) is 31.0 Å². The fraction of sp³-hybridized carbons (Fsp3) is 0.308. The number of hydrogen-bond donors (Lipinski definition) is 2. The van der Waals surface area contributed by atoms with Crippen molar-refractivity contribution in [3.05, 3.63) is 72.0 Å². The molecule has 0 heterocycles. The van der Waals surface area contributed by atoms with E-state index in [2.05, 4.69) is 5.32 Å². The molecule has 0 aliphatic carbocycles. The number of hydroxylamine groups is 1. The van der Waals surface area contributed by atoms with E-state index in [-0.39, 0.29) is 22.8 Å². The summed E-state index contributed by atoms with van der Waals surface area (Å²) < 4.78 is 25.5. The Labute approximate surface area is 210 Å². The Morgan fingerprint density at radius 1 is 1.03 bits per heavy atom. The van der Waals surface area contributed by atoms with Crippen LogP contribution in [0.2, 0.25) is 0 Å². The molecule has 0 fully saturated rings. The molecule has 0 aromatic heterocycles. The van der Waals surface area contributed by atoms with Gasteiger partial charge < -0.3 is 25.7 Å². The van der Waals surface area contributed by atoms with E-state index in [1.165, 1.54) is 11.1 Å². The molecule has 7 nitrogen and oxygen atoms in total. The van der Waals surface area contributed by atoms with Gasteiger partial charge in [-0.05, 0) is 61.6 Å². The van der Waals surface area contributed by atoms with Crippen LogP contribution < -0.4 is 19.9 Å². The number of anilines is 2. The number of benzene rings is 3. The van der Waals surface area contributed by atoms with Gasteiger partial charge in [-0.2, -0.15) is 11.8 Å². The van der Waals surface area contributed by atoms with Gasteiger partial charge in [0.05, 0.1) is 31.1 Å². The van der Waals surface area contributed by atoms with E-state index in [1.807, 2.05) is 62.6 Å². The molecular weight excluding hydrogens is 471 g/mol. The zero-order chi connectivity index (χ0) is 23.8. The summed E-state index contributed by atoms with van der Waals surface area (Å²) in [5, 5.41) is 16.0. The molecule has 0 radical (unpaired) electrons. The molecule has 3 rings (SSSR count). The highest BCUT2D eigenvalue weighted by Gasteiger charge is 2.23. The second-order valence-corrected chi connectivity index (χ2v) is 8.31. The van der Waals surface area contributed by atoms with Crippen molar-refractivity contribution in [1.29, 1.82) is 0 Å². The minimum absolute atomic E-state index is 0. The van der Waals surface area contributed by atoms with Crippen molar-refractivity contribution < 1.29 is 30.0 Å². The minimum Gasteiger partial charge on any atom is -0.493 e. The van der Waals surface area contributed by atoms with Crippen LogP contribution in [0.5, 0.6) is 11.5 Å². The van der Waals surface area contributed by atoms with Crippen molar-refractivity contribution in [2.75, 3.05) is 42.7 Å². The Balaban J connectivity index is 0.00000306. The van der Waals surface area contributed by atoms with Crippen molar-refractivity contribution in [2.45, 2.75) is 19.9 Å². The Hall–Kier alpha value is -2.98. The zero-order valence-corrected chi connectivity index (χ0v) is 21.3. The maximum absolute atomic E-state index is 14.4. The zero-order valence-electron chi connectivity index (χ0n) is 20.5. The number of halogens is 1. The van der Waals surface area contributed by atoms with Crippen LogP contribution in [0.4, 0.5) is 15.8 Å². The molecule has 0 bridgehead atoms. The first-order chi connectivity index (χ1) is 16.0. The Morgan fingerprint density at radius 2 is 1.77 bits per heavy atom. The van der Waals surface area contributed by atoms with Crippen molar-refractivity contribution in [3.8, 4) is 22.6 Å². The first-order valence-electron chi connectivity index (χ1n) is 10.9. The molecule has 1 atom stereocenters. The highest BCUT2D eigenvalue weighted by Crippen LogP contribution is 2.38. The second kappa shape index (κ2) is 14.4. The Kier molecular flexibility index (Phi) is 12.4. The van der Waals surface area contributed by atoms with Gasteiger partial charge in [-0.15, -0.1) is 0 Å². The summed E-state index contributed by atoms with van der Waals surface area (Å²) >= 11 is 1.63. The van der Waals surface area contributed by atoms with Crippen molar-refractivity contribution in [1.82, 2.24) is 0 Å². The number of hydrogen-bond acceptors (Lipinski definition) is 6. The molecule has 3 aromatic carbocycles. The topological polar surface area (TPSA) is 117 Å². The highest BCUT2D eigenvalue weighted by atomic mass is 32.2. The third-order valence-corrected chi connectivity index (χ3v) is 5.94. The quantitative estimate of drug-likeness (QED) is 0.354. The van der Waals surface area contributed by atoms with Gasteiger partial charge in [0.25, 0.3) is 0 Å². The summed E-state index contributed by atoms with van der Waals surface area (Å²) in [6.07, 6.45) is 2.00. The van der Waals surface area contributed by atoms with Gasteiger partial charge >= 0.3 is 0 Å². The van der Waals surface area contributed by atoms with E-state index < -0.39 is 0 Å². The van der Waals surface area contributed by atoms with Crippen LogP contribution in [-0.2, 0) is 0 Å². The average molecular weight is 507 g/mol. The summed E-state index contributed by atoms with van der Waals surface area (Å²) in [6, 6.07) is 17.6. The van der Waals surface area contributed by atoms with Gasteiger partial charge in [-0.25, -0.2) is 9.45 Å². The van der Waals surface area contributed by atoms with Gasteiger partial charge in [0.1, 0.15) is 5.82 Å². The largest absolute Gasteiger partial charge is 0.493 e. The van der Waals surface area contributed by atoms with E-state index in [4.69, 9.17) is 9.47 Å². The first-order valence-corrected chi connectivity index (χ1v) is 12.3. The summed E-state index contributed by atoms with van der Waals surface area (Å²) in [5.41, 5.74) is 3.50. The normalized spacial score (nSPS) is 11.0. The standard InChI is InChI=1S/C26H31FN2O3S.2H2O/c1-5-28-22-15-18(20-9-7-8-10-21(20)27)11-13-23(22)29(30)24(17-33-4)19-12-14-25(31-3)26(16-19)32-6-2;;/h7-16,24,28,30H,5-6,17H2,1-4H3;2*1H2/t24-;;/m0../s1. The van der Waals surface area contributed by atoms with Crippen LogP contribution in [0.1, 0.15) is 25.5 Å². The molecule has 0 aliphatic rings. The average Bonchev–Trinajstić information content (AvgIpc) is 2.83. The van der Waals surface area contributed by atoms with Crippen LogP contribution in [0.15, 0.2) is 60.7 Å². The fourth-order valence-corrected chi connectivity index (χ4v) is 4.38. The maximum atomic E-state index is 14.4. The van der Waals surface area contributed by atoms with Gasteiger partial charge in [-0.1, -0.05) is 30.3 Å². The lowest BCUT2D eigenvalue weighted by atomic mass is 10.0. The molecule has 0 saturated heterocycles. The number of nitrogens with one attached hydrogen (secondary N) is 1. The van der Waals surface area contributed by atoms with Crippen LogP contribution in [0, 0.1) is 5.82 Å². The number of methoxy groups -OCH3 is 1. The molecule has 0 amide bonds. The van der Waals surface area contributed by atoms with Gasteiger partial charge in [0.2, 0.25) is 0 Å². The molecule has 0 spiro atoms. The van der Waals surface area contributed by atoms with Gasteiger partial charge in [0.15, 0.2) is 11.5 Å². The van der Waals surface area contributed by atoms with E-state index >= 15 is 0 Å². The lowest BCUT2D eigenvalue weighted by Gasteiger charge is -2.30. The van der Waals surface area contributed by atoms with Crippen molar-refractivity contribution >= 4 is 23.1 Å². The van der Waals surface area contributed by atoms with Crippen LogP contribution in [-0.4, -0.2) is 48.4 Å². The Bertz CT molecular complexity index is 1070. The van der Waals surface area contributed by atoms with E-state index in [9.17, 15) is 9.60 Å². The second-order valence-electron chi connectivity index (χ2n) is 7.40. The van der Waals surface area contributed by atoms with Crippen LogP contribution in [0.25, 0.3) is 11.1 Å². The lowest BCUT2D eigenvalue weighted by molar-refractivity contribution is 0.225. The number of nitrogens with zero attached hydrogens (tertiary/aromatic N) is 1. The molecule has 0 aliphatic heterocycles. The smallest absolute Gasteiger partial charge is 0.161 e. The molecule has 192 valence electrons. The summed E-state index contributed by atoms with van der Waals surface area (Å²) in [4.78, 5) is 0. The highest BCUT2D eigenvalue weighted by molar-refractivity contribution is 7.98. The first kappa shape index (κ1) is 30.1. The van der Waals surface area contributed by atoms with E-state index in [0.717, 1.165) is 16.8 Å². The molecule has 6 N–H and O–H groups in total. The minimum atomic E-state index is -0.332. The van der Waals surface area contributed by atoms with Crippen molar-refractivity contribution in [2.24, 2.45) is 0 Å². The van der Waals surface area contributed by atoms with Gasteiger partial charge in [-0.3, -0.25) is 5.21 Å². The number of ether oxygens (including phenoxy) is 2. The molecule has 9 heteroatoms. The molecule has 35 heavy (non-hydrogen) atoms. The summed E-state index contributed by atoms with van der Waals surface area (Å²) in [7, 11) is 1.61. The molecule has 3 aromatic rings. The monoisotopic (exact) mass is 506 g/mol. The third kappa shape index (κ3) is 7.02. The summed E-state index contributed by atoms with van der Waals surface area (Å²) in [5.74, 6) is 1.65. The predicted molar refractivity (Wildman–Crippen MR) is 143 cm³/mol. The predicted octanol–water partition coefficient (Wildman–Crippen LogP) is 4.98. The number of rotatable bonds is 11. The SMILES string of the molecule is CCNc1cc(-c2ccccc2F)ccc1N(O)[C@@H](CSC)c1ccc(OC)c(OCC)c1.O.O. The third-order valence-electron chi connectivity index (χ3n) is 5.29. The molecule has 0 unspecified atom stereocenters. The van der Waals surface area contributed by atoms with Crippen LogP contribution >= 0.6 is 11.8 Å². The summed E-state index contributed by atoms with van der Waals surface area (Å²) in [6.45, 7) is 5.08. The van der Waals surface area contributed by atoms with Gasteiger partial charge in [0, 0.05) is 17.9 Å². The molecular formula is C26H35FN2O5S. The van der Waals surface area contributed by atoms with E-state index in [0.29, 0.717) is 41.7 Å². The fourth-order valence-electron chi connectivity index (χ4n) is 3.73. The lowest BCUT2D eigenvalue weighted by Crippen LogP contribution is -2.27.